The van der Waals surface area contributed by atoms with E-state index in [4.69, 9.17) is 5.11 Å². The molecule has 3 N–H and O–H groups in total. The lowest BCUT2D eigenvalue weighted by atomic mass is 9.95. The molecule has 1 fully saturated rings. The summed E-state index contributed by atoms with van der Waals surface area (Å²) in [5.41, 5.74) is 1.65. The molecule has 1 saturated heterocycles. The summed E-state index contributed by atoms with van der Waals surface area (Å²) in [4.78, 5) is 17.4. The lowest BCUT2D eigenvalue weighted by molar-refractivity contribution is 0.186. The highest BCUT2D eigenvalue weighted by atomic mass is 19.1. The summed E-state index contributed by atoms with van der Waals surface area (Å²) >= 11 is 0. The third kappa shape index (κ3) is 4.54. The van der Waals surface area contributed by atoms with Crippen molar-refractivity contribution in [1.29, 1.82) is 0 Å². The molecule has 12 heteroatoms. The van der Waals surface area contributed by atoms with E-state index in [1.54, 1.807) is 18.5 Å². The molecule has 5 rings (SSSR count). The fourth-order valence-corrected chi connectivity index (χ4v) is 4.45. The number of nitrogens with one attached hydrogen (secondary N) is 2. The number of nitrogens with zero attached hydrogens (tertiary/aromatic N) is 6. The smallest absolute Gasteiger partial charge is 0.404 e. The van der Waals surface area contributed by atoms with Gasteiger partial charge in [0.05, 0.1) is 28.8 Å². The van der Waals surface area contributed by atoms with Gasteiger partial charge in [0, 0.05) is 25.3 Å². The first kappa shape index (κ1) is 22.4. The van der Waals surface area contributed by atoms with Gasteiger partial charge >= 0.3 is 6.09 Å². The van der Waals surface area contributed by atoms with E-state index in [9.17, 15) is 13.6 Å². The Labute approximate surface area is 198 Å². The van der Waals surface area contributed by atoms with E-state index in [0.717, 1.165) is 18.7 Å². The van der Waals surface area contributed by atoms with Gasteiger partial charge in [-0.2, -0.15) is 9.61 Å². The molecule has 1 amide bonds. The normalized spacial score (nSPS) is 18.0. The minimum absolute atomic E-state index is 0.0924. The van der Waals surface area contributed by atoms with E-state index in [-0.39, 0.29) is 29.2 Å². The first-order chi connectivity index (χ1) is 16.9. The van der Waals surface area contributed by atoms with Crippen LogP contribution in [0.15, 0.2) is 48.8 Å². The topological polar surface area (TPSA) is 121 Å². The standard InChI is InChI=1S/C23H22F2N8O2/c1-13-9-14(27-23(34)35)12-32(11-13)19-7-8-26-10-18(19)28-22-30-29-20-6-5-17(31-33(20)22)21-15(24)3-2-4-16(21)25/h2-8,10,13-14,27H,9,11-12H2,1H3,(H,28,30)(H,34,35). The Morgan fingerprint density at radius 1 is 1.11 bits per heavy atom. The Balaban J connectivity index is 1.48. The van der Waals surface area contributed by atoms with Crippen molar-refractivity contribution in [3.8, 4) is 11.3 Å². The van der Waals surface area contributed by atoms with E-state index in [0.29, 0.717) is 17.9 Å². The van der Waals surface area contributed by atoms with Crippen LogP contribution < -0.4 is 15.5 Å². The number of carbonyl (C=O) groups is 1. The van der Waals surface area contributed by atoms with Gasteiger partial charge in [0.2, 0.25) is 0 Å². The second kappa shape index (κ2) is 9.12. The van der Waals surface area contributed by atoms with Gasteiger partial charge in [-0.05, 0) is 42.7 Å². The maximum absolute atomic E-state index is 14.3. The lowest BCUT2D eigenvalue weighted by Crippen LogP contribution is -2.50. The van der Waals surface area contributed by atoms with Crippen LogP contribution in [0.1, 0.15) is 13.3 Å². The number of halogens is 2. The van der Waals surface area contributed by atoms with Crippen LogP contribution in [0.2, 0.25) is 0 Å². The monoisotopic (exact) mass is 480 g/mol. The van der Waals surface area contributed by atoms with Crippen LogP contribution in [-0.2, 0) is 0 Å². The van der Waals surface area contributed by atoms with Crippen LogP contribution in [-0.4, -0.2) is 55.1 Å². The molecule has 0 aliphatic carbocycles. The second-order valence-corrected chi connectivity index (χ2v) is 8.52. The van der Waals surface area contributed by atoms with Crippen LogP contribution in [0.5, 0.6) is 0 Å². The second-order valence-electron chi connectivity index (χ2n) is 8.52. The number of benzene rings is 1. The highest BCUT2D eigenvalue weighted by Gasteiger charge is 2.27. The van der Waals surface area contributed by atoms with Gasteiger partial charge in [-0.1, -0.05) is 13.0 Å². The SMILES string of the molecule is CC1CC(NC(=O)O)CN(c2ccncc2Nc2nnc3ccc(-c4c(F)cccc4F)nn23)C1. The molecule has 3 aromatic heterocycles. The summed E-state index contributed by atoms with van der Waals surface area (Å²) in [5.74, 6) is -0.955. The van der Waals surface area contributed by atoms with Gasteiger partial charge in [0.15, 0.2) is 5.65 Å². The summed E-state index contributed by atoms with van der Waals surface area (Å²) in [6.07, 6.45) is 2.96. The van der Waals surface area contributed by atoms with Crippen molar-refractivity contribution in [3.63, 3.8) is 0 Å². The molecule has 4 heterocycles. The Hall–Kier alpha value is -4.35. The summed E-state index contributed by atoms with van der Waals surface area (Å²) in [6, 6.07) is 8.30. The molecule has 1 aliphatic heterocycles. The van der Waals surface area contributed by atoms with Crippen LogP contribution in [0.25, 0.3) is 16.9 Å². The van der Waals surface area contributed by atoms with Gasteiger partial charge < -0.3 is 20.6 Å². The van der Waals surface area contributed by atoms with Crippen molar-refractivity contribution in [2.75, 3.05) is 23.3 Å². The van der Waals surface area contributed by atoms with Crippen LogP contribution in [0.4, 0.5) is 30.9 Å². The summed E-state index contributed by atoms with van der Waals surface area (Å²) in [7, 11) is 0. The van der Waals surface area contributed by atoms with Crippen molar-refractivity contribution >= 4 is 29.1 Å². The van der Waals surface area contributed by atoms with Gasteiger partial charge in [-0.15, -0.1) is 10.2 Å². The van der Waals surface area contributed by atoms with Crippen molar-refractivity contribution in [1.82, 2.24) is 30.1 Å². The minimum atomic E-state index is -1.06. The molecule has 0 spiro atoms. The van der Waals surface area contributed by atoms with E-state index >= 15 is 0 Å². The van der Waals surface area contributed by atoms with Gasteiger partial charge in [0.25, 0.3) is 5.95 Å². The number of anilines is 3. The quantitative estimate of drug-likeness (QED) is 0.396. The predicted molar refractivity (Wildman–Crippen MR) is 125 cm³/mol. The van der Waals surface area contributed by atoms with E-state index < -0.39 is 17.7 Å². The number of fused-ring (bicyclic) bond motifs is 1. The zero-order chi connectivity index (χ0) is 24.5. The number of amides is 1. The highest BCUT2D eigenvalue weighted by molar-refractivity contribution is 5.73. The number of pyridine rings is 1. The third-order valence-corrected chi connectivity index (χ3v) is 5.85. The fraction of sp³-hybridized carbons (Fsp3) is 0.261. The van der Waals surface area contributed by atoms with Crippen molar-refractivity contribution < 1.29 is 18.7 Å². The summed E-state index contributed by atoms with van der Waals surface area (Å²) in [5, 5.41) is 27.5. The molecule has 35 heavy (non-hydrogen) atoms. The molecular weight excluding hydrogens is 458 g/mol. The minimum Gasteiger partial charge on any atom is -0.465 e. The Morgan fingerprint density at radius 2 is 1.91 bits per heavy atom. The van der Waals surface area contributed by atoms with Gasteiger partial charge in [0.1, 0.15) is 11.6 Å². The van der Waals surface area contributed by atoms with Crippen LogP contribution in [0.3, 0.4) is 0 Å². The van der Waals surface area contributed by atoms with Crippen molar-refractivity contribution in [2.45, 2.75) is 19.4 Å². The molecule has 10 nitrogen and oxygen atoms in total. The molecule has 1 aromatic carbocycles. The number of hydrogen-bond donors (Lipinski definition) is 3. The number of hydrogen-bond acceptors (Lipinski definition) is 7. The average Bonchev–Trinajstić information content (AvgIpc) is 3.20. The van der Waals surface area contributed by atoms with Crippen LogP contribution in [0, 0.1) is 17.6 Å². The number of aromatic nitrogens is 5. The first-order valence-electron chi connectivity index (χ1n) is 11.0. The molecule has 0 bridgehead atoms. The van der Waals surface area contributed by atoms with E-state index in [1.165, 1.54) is 28.8 Å². The van der Waals surface area contributed by atoms with E-state index in [1.807, 2.05) is 6.07 Å². The van der Waals surface area contributed by atoms with Gasteiger partial charge in [-0.25, -0.2) is 13.6 Å². The maximum Gasteiger partial charge on any atom is 0.404 e. The van der Waals surface area contributed by atoms with Crippen molar-refractivity contribution in [3.05, 3.63) is 60.4 Å². The van der Waals surface area contributed by atoms with Crippen LogP contribution >= 0.6 is 0 Å². The maximum atomic E-state index is 14.3. The molecule has 4 aromatic rings. The molecule has 2 atom stereocenters. The molecule has 0 saturated carbocycles. The molecular formula is C23H22F2N8O2. The largest absolute Gasteiger partial charge is 0.465 e. The summed E-state index contributed by atoms with van der Waals surface area (Å²) < 4.78 is 30.0. The molecule has 1 aliphatic rings. The highest BCUT2D eigenvalue weighted by Crippen LogP contribution is 2.31. The number of piperidine rings is 1. The van der Waals surface area contributed by atoms with Crippen molar-refractivity contribution in [2.24, 2.45) is 5.92 Å². The Bertz CT molecular complexity index is 1370. The third-order valence-electron chi connectivity index (χ3n) is 5.85. The number of rotatable bonds is 5. The zero-order valence-electron chi connectivity index (χ0n) is 18.7. The lowest BCUT2D eigenvalue weighted by Gasteiger charge is -2.38. The van der Waals surface area contributed by atoms with Gasteiger partial charge in [-0.3, -0.25) is 4.98 Å². The Kier molecular flexibility index (Phi) is 5.85. The molecule has 0 radical (unpaired) electrons. The fourth-order valence-electron chi connectivity index (χ4n) is 4.45. The average molecular weight is 480 g/mol. The number of carboxylic acid groups (broad SMARTS) is 1. The summed E-state index contributed by atoms with van der Waals surface area (Å²) in [6.45, 7) is 3.28. The van der Waals surface area contributed by atoms with E-state index in [2.05, 4.69) is 42.7 Å². The molecule has 2 unspecified atom stereocenters. The Morgan fingerprint density at radius 3 is 2.69 bits per heavy atom. The zero-order valence-corrected chi connectivity index (χ0v) is 18.7. The first-order valence-corrected chi connectivity index (χ1v) is 11.0. The molecule has 180 valence electrons. The predicted octanol–water partition coefficient (Wildman–Crippen LogP) is 3.69.